The van der Waals surface area contributed by atoms with Gasteiger partial charge in [0.05, 0.1) is 5.56 Å². The second-order valence-corrected chi connectivity index (χ2v) is 6.65. The number of carbonyl (C=O) groups is 4. The van der Waals surface area contributed by atoms with Crippen LogP contribution in [0.25, 0.3) is 0 Å². The molecule has 1 heterocycles. The highest BCUT2D eigenvalue weighted by Gasteiger charge is 2.32. The van der Waals surface area contributed by atoms with Crippen molar-refractivity contribution < 1.29 is 23.9 Å². The molecule has 1 fully saturated rings. The number of nitrogens with zero attached hydrogens (tertiary/aromatic N) is 2. The van der Waals surface area contributed by atoms with Gasteiger partial charge in [0.1, 0.15) is 12.3 Å². The molecule has 154 valence electrons. The smallest absolute Gasteiger partial charge is 0.272 e. The Hall–Kier alpha value is -2.99. The van der Waals surface area contributed by atoms with Crippen LogP contribution in [-0.4, -0.2) is 69.4 Å². The number of hydrogen-bond acceptors (Lipinski definition) is 6. The van der Waals surface area contributed by atoms with Crippen LogP contribution in [0.15, 0.2) is 24.3 Å². The number of carbonyl (C=O) groups excluding carboxylic acids is 4. The third-order valence-electron chi connectivity index (χ3n) is 4.82. The van der Waals surface area contributed by atoms with E-state index in [1.54, 1.807) is 19.2 Å². The molecule has 1 aromatic carbocycles. The molecule has 8 nitrogen and oxygen atoms in total. The molecule has 1 unspecified atom stereocenters. The lowest BCUT2D eigenvalue weighted by Gasteiger charge is -2.26. The number of benzene rings is 1. The number of ether oxygens (including phenoxy) is 1. The van der Waals surface area contributed by atoms with E-state index in [1.165, 1.54) is 31.1 Å². The molecule has 2 amide bonds. The fourth-order valence-corrected chi connectivity index (χ4v) is 2.88. The molecule has 1 N–H and O–H groups in total. The van der Waals surface area contributed by atoms with Gasteiger partial charge in [0.2, 0.25) is 5.91 Å². The Kier molecular flexibility index (Phi) is 10.3. The Balaban J connectivity index is 0.000000436. The monoisotopic (exact) mass is 399 g/mol. The minimum Gasteiger partial charge on any atom is -0.383 e. The number of methoxy groups -OCH3 is 1. The summed E-state index contributed by atoms with van der Waals surface area (Å²) in [7, 11) is 4.64. The van der Waals surface area contributed by atoms with Crippen molar-refractivity contribution in [1.82, 2.24) is 10.2 Å². The fourth-order valence-electron chi connectivity index (χ4n) is 2.88. The number of nitrogens with one attached hydrogen (secondary N) is 1. The van der Waals surface area contributed by atoms with Crippen LogP contribution < -0.4 is 5.32 Å². The molecule has 9 heteroatoms. The van der Waals surface area contributed by atoms with Gasteiger partial charge in [0.15, 0.2) is 6.29 Å². The zero-order valence-corrected chi connectivity index (χ0v) is 17.0. The zero-order valence-electron chi connectivity index (χ0n) is 17.0. The average molecular weight is 399 g/mol. The van der Waals surface area contributed by atoms with E-state index in [4.69, 9.17) is 10.00 Å². The standard InChI is InChI=1S/C15H18N2O4.C5H8BNO/c1-16-14(20)13(8-5-9-18)17(2)15(21)12-7-4-3-6-11(12)10-19;1-8-5-2-6(3-5)4-7/h3-4,6-7,9-10,13H,5,8H2,1-2H3,(H,16,20);5H,2-3H2,1H3. The van der Waals surface area contributed by atoms with E-state index in [0.717, 1.165) is 12.6 Å². The van der Waals surface area contributed by atoms with E-state index in [-0.39, 0.29) is 36.6 Å². The van der Waals surface area contributed by atoms with Crippen LogP contribution in [0.1, 0.15) is 33.6 Å². The first-order chi connectivity index (χ1) is 13.9. The lowest BCUT2D eigenvalue weighted by molar-refractivity contribution is -0.125. The van der Waals surface area contributed by atoms with Gasteiger partial charge in [0.25, 0.3) is 12.6 Å². The maximum Gasteiger partial charge on any atom is 0.272 e. The topological polar surface area (TPSA) is 117 Å². The van der Waals surface area contributed by atoms with Crippen molar-refractivity contribution in [3.8, 4) is 5.97 Å². The first-order valence-electron chi connectivity index (χ1n) is 9.32. The van der Waals surface area contributed by atoms with Gasteiger partial charge in [-0.05, 0) is 25.1 Å². The first kappa shape index (κ1) is 24.1. The van der Waals surface area contributed by atoms with Crippen LogP contribution in [0.4, 0.5) is 0 Å². The summed E-state index contributed by atoms with van der Waals surface area (Å²) < 4.78 is 4.97. The van der Waals surface area contributed by atoms with Crippen LogP contribution in [0.2, 0.25) is 12.6 Å². The normalized spacial score (nSPS) is 13.7. The highest BCUT2D eigenvalue weighted by atomic mass is 16.5. The summed E-state index contributed by atoms with van der Waals surface area (Å²) in [5.74, 6) is 1.40. The van der Waals surface area contributed by atoms with E-state index in [0.29, 0.717) is 18.7 Å². The van der Waals surface area contributed by atoms with Crippen molar-refractivity contribution in [2.75, 3.05) is 21.2 Å². The summed E-state index contributed by atoms with van der Waals surface area (Å²) in [5, 5.41) is 10.8. The molecule has 1 aliphatic heterocycles. The average Bonchev–Trinajstić information content (AvgIpc) is 2.73. The van der Waals surface area contributed by atoms with E-state index in [9.17, 15) is 19.2 Å². The van der Waals surface area contributed by atoms with E-state index in [1.807, 2.05) is 0 Å². The Labute approximate surface area is 171 Å². The number of hydrogen-bond donors (Lipinski definition) is 1. The van der Waals surface area contributed by atoms with Crippen LogP contribution >= 0.6 is 0 Å². The fraction of sp³-hybridized carbons (Fsp3) is 0.450. The summed E-state index contributed by atoms with van der Waals surface area (Å²) in [6, 6.07) is 5.61. The van der Waals surface area contributed by atoms with E-state index < -0.39 is 11.9 Å². The maximum absolute atomic E-state index is 12.4. The minimum atomic E-state index is -0.757. The predicted octanol–water partition coefficient (Wildman–Crippen LogP) is 1.24. The van der Waals surface area contributed by atoms with Crippen LogP contribution in [0, 0.1) is 11.2 Å². The summed E-state index contributed by atoms with van der Waals surface area (Å²) >= 11 is 0. The van der Waals surface area contributed by atoms with Gasteiger partial charge in [-0.1, -0.05) is 18.2 Å². The SMILES string of the molecule is CNC(=O)C(CCC=O)N(C)C(=O)c1ccccc1C=O.COC1CB(C#N)C1. The molecule has 1 aliphatic rings. The number of amides is 2. The molecule has 1 saturated heterocycles. The molecule has 29 heavy (non-hydrogen) atoms. The minimum absolute atomic E-state index is 0.172. The molecular formula is C20H26BN3O5. The molecule has 0 radical (unpaired) electrons. The van der Waals surface area contributed by atoms with Crippen molar-refractivity contribution in [3.05, 3.63) is 35.4 Å². The Morgan fingerprint density at radius 1 is 1.38 bits per heavy atom. The lowest BCUT2D eigenvalue weighted by atomic mass is 9.35. The molecule has 0 aromatic heterocycles. The summed E-state index contributed by atoms with van der Waals surface area (Å²) in [5.41, 5.74) is 0.496. The molecule has 0 saturated carbocycles. The van der Waals surface area contributed by atoms with Crippen molar-refractivity contribution in [3.63, 3.8) is 0 Å². The zero-order chi connectivity index (χ0) is 21.8. The molecule has 0 spiro atoms. The third kappa shape index (κ3) is 6.84. The highest BCUT2D eigenvalue weighted by molar-refractivity contribution is 6.70. The van der Waals surface area contributed by atoms with Crippen molar-refractivity contribution in [2.45, 2.75) is 37.6 Å². The van der Waals surface area contributed by atoms with Gasteiger partial charge < -0.3 is 19.7 Å². The van der Waals surface area contributed by atoms with Gasteiger partial charge in [-0.15, -0.1) is 0 Å². The van der Waals surface area contributed by atoms with Crippen LogP contribution in [-0.2, 0) is 14.3 Å². The van der Waals surface area contributed by atoms with Crippen molar-refractivity contribution in [1.29, 1.82) is 5.26 Å². The second kappa shape index (κ2) is 12.5. The van der Waals surface area contributed by atoms with Crippen LogP contribution in [0.5, 0.6) is 0 Å². The van der Waals surface area contributed by atoms with Gasteiger partial charge >= 0.3 is 0 Å². The second-order valence-electron chi connectivity index (χ2n) is 6.65. The van der Waals surface area contributed by atoms with Crippen molar-refractivity contribution in [2.24, 2.45) is 0 Å². The Morgan fingerprint density at radius 3 is 2.55 bits per heavy atom. The van der Waals surface area contributed by atoms with Crippen molar-refractivity contribution >= 4 is 31.1 Å². The number of likely N-dealkylation sites (N-methyl/N-ethyl adjacent to an activating group) is 2. The third-order valence-corrected chi connectivity index (χ3v) is 4.82. The largest absolute Gasteiger partial charge is 0.383 e. The van der Waals surface area contributed by atoms with Crippen LogP contribution in [0.3, 0.4) is 0 Å². The molecule has 0 bridgehead atoms. The predicted molar refractivity (Wildman–Crippen MR) is 109 cm³/mol. The number of aldehydes is 2. The molecule has 0 aliphatic carbocycles. The first-order valence-corrected chi connectivity index (χ1v) is 9.32. The van der Waals surface area contributed by atoms with Gasteiger partial charge in [-0.3, -0.25) is 14.4 Å². The summed E-state index contributed by atoms with van der Waals surface area (Å²) in [6.45, 7) is 0.278. The molecule has 1 aromatic rings. The summed E-state index contributed by atoms with van der Waals surface area (Å²) in [6.07, 6.45) is 3.95. The van der Waals surface area contributed by atoms with Gasteiger partial charge in [-0.2, -0.15) is 0 Å². The van der Waals surface area contributed by atoms with Gasteiger partial charge in [-0.25, -0.2) is 5.26 Å². The van der Waals surface area contributed by atoms with E-state index >= 15 is 0 Å². The Bertz CT molecular complexity index is 759. The number of rotatable bonds is 8. The maximum atomic E-state index is 12.4. The highest BCUT2D eigenvalue weighted by Crippen LogP contribution is 2.22. The molecular weight excluding hydrogens is 373 g/mol. The van der Waals surface area contributed by atoms with Gasteiger partial charge in [0, 0.05) is 45.3 Å². The Morgan fingerprint density at radius 2 is 2.03 bits per heavy atom. The lowest BCUT2D eigenvalue weighted by Crippen LogP contribution is -2.47. The summed E-state index contributed by atoms with van der Waals surface area (Å²) in [4.78, 5) is 47.1. The number of nitriles is 1. The molecule has 1 atom stereocenters. The quantitative estimate of drug-likeness (QED) is 0.519. The molecule has 2 rings (SSSR count). The van der Waals surface area contributed by atoms with E-state index in [2.05, 4.69) is 11.3 Å².